The van der Waals surface area contributed by atoms with Crippen molar-refractivity contribution in [3.8, 4) is 0 Å². The molecular formula is C16H32S2. The van der Waals surface area contributed by atoms with Crippen molar-refractivity contribution in [3.05, 3.63) is 0 Å². The van der Waals surface area contributed by atoms with Gasteiger partial charge in [0.05, 0.1) is 0 Å². The third-order valence-electron chi connectivity index (χ3n) is 4.18. The third kappa shape index (κ3) is 5.77. The minimum atomic E-state index is 0.438. The Morgan fingerprint density at radius 2 is 1.83 bits per heavy atom. The predicted octanol–water partition coefficient (Wildman–Crippen LogP) is 5.86. The molecule has 1 heterocycles. The van der Waals surface area contributed by atoms with E-state index in [9.17, 15) is 0 Å². The molecule has 0 aliphatic carbocycles. The second-order valence-electron chi connectivity index (χ2n) is 7.09. The van der Waals surface area contributed by atoms with Gasteiger partial charge in [0, 0.05) is 21.5 Å². The Morgan fingerprint density at radius 3 is 2.28 bits per heavy atom. The first-order chi connectivity index (χ1) is 8.30. The highest BCUT2D eigenvalue weighted by atomic mass is 32.2. The summed E-state index contributed by atoms with van der Waals surface area (Å²) in [5, 5.41) is 0.968. The lowest BCUT2D eigenvalue weighted by atomic mass is 9.70. The summed E-state index contributed by atoms with van der Waals surface area (Å²) in [6.45, 7) is 14.6. The van der Waals surface area contributed by atoms with Crippen LogP contribution < -0.4 is 0 Å². The molecule has 0 N–H and O–H groups in total. The zero-order chi connectivity index (χ0) is 13.8. The van der Waals surface area contributed by atoms with Gasteiger partial charge >= 0.3 is 0 Å². The molecule has 2 atom stereocenters. The highest BCUT2D eigenvalue weighted by Crippen LogP contribution is 2.45. The average molecular weight is 289 g/mol. The standard InChI is InChI=1S/C16H32S2/c1-7-9-13(8-2)15(3,4)12-16(5,6)18-11-14-10-17-14/h13-14H,7-12H2,1-6H3. The van der Waals surface area contributed by atoms with E-state index in [1.165, 1.54) is 37.2 Å². The maximum Gasteiger partial charge on any atom is 0.0229 e. The van der Waals surface area contributed by atoms with E-state index in [4.69, 9.17) is 0 Å². The summed E-state index contributed by atoms with van der Waals surface area (Å²) in [7, 11) is 0. The van der Waals surface area contributed by atoms with Crippen LogP contribution in [0.15, 0.2) is 0 Å². The maximum absolute atomic E-state index is 2.49. The van der Waals surface area contributed by atoms with Gasteiger partial charge < -0.3 is 0 Å². The van der Waals surface area contributed by atoms with Crippen LogP contribution in [-0.2, 0) is 0 Å². The lowest BCUT2D eigenvalue weighted by Gasteiger charge is -2.40. The summed E-state index contributed by atoms with van der Waals surface area (Å²) >= 11 is 4.33. The summed E-state index contributed by atoms with van der Waals surface area (Å²) in [6.07, 6.45) is 5.40. The second-order valence-corrected chi connectivity index (χ2v) is 10.1. The van der Waals surface area contributed by atoms with Crippen LogP contribution in [0.4, 0.5) is 0 Å². The molecule has 108 valence electrons. The van der Waals surface area contributed by atoms with E-state index in [1.807, 2.05) is 0 Å². The molecule has 1 aliphatic rings. The van der Waals surface area contributed by atoms with E-state index < -0.39 is 0 Å². The summed E-state index contributed by atoms with van der Waals surface area (Å²) < 4.78 is 0.438. The lowest BCUT2D eigenvalue weighted by Crippen LogP contribution is -2.32. The minimum Gasteiger partial charge on any atom is -0.156 e. The molecule has 0 nitrogen and oxygen atoms in total. The van der Waals surface area contributed by atoms with Crippen molar-refractivity contribution >= 4 is 23.5 Å². The van der Waals surface area contributed by atoms with Gasteiger partial charge in [-0.2, -0.15) is 23.5 Å². The van der Waals surface area contributed by atoms with Crippen molar-refractivity contribution < 1.29 is 0 Å². The van der Waals surface area contributed by atoms with Crippen LogP contribution in [0, 0.1) is 11.3 Å². The van der Waals surface area contributed by atoms with Gasteiger partial charge in [-0.05, 0) is 17.8 Å². The van der Waals surface area contributed by atoms with Crippen molar-refractivity contribution in [2.75, 3.05) is 11.5 Å². The van der Waals surface area contributed by atoms with Crippen molar-refractivity contribution in [1.82, 2.24) is 0 Å². The number of rotatable bonds is 9. The Hall–Kier alpha value is 0.700. The monoisotopic (exact) mass is 288 g/mol. The van der Waals surface area contributed by atoms with Gasteiger partial charge in [0.15, 0.2) is 0 Å². The molecule has 0 bridgehead atoms. The SMILES string of the molecule is CCCC(CC)C(C)(C)CC(C)(C)SCC1CS1. The lowest BCUT2D eigenvalue weighted by molar-refractivity contribution is 0.162. The summed E-state index contributed by atoms with van der Waals surface area (Å²) in [5.41, 5.74) is 0.484. The van der Waals surface area contributed by atoms with Gasteiger partial charge in [-0.25, -0.2) is 0 Å². The third-order valence-corrected chi connectivity index (χ3v) is 6.86. The van der Waals surface area contributed by atoms with E-state index in [0.717, 1.165) is 11.2 Å². The summed E-state index contributed by atoms with van der Waals surface area (Å²) in [6, 6.07) is 0. The molecule has 2 unspecified atom stereocenters. The Morgan fingerprint density at radius 1 is 1.22 bits per heavy atom. The molecule has 0 amide bonds. The molecule has 0 spiro atoms. The molecule has 0 aromatic heterocycles. The minimum absolute atomic E-state index is 0.438. The molecule has 1 fully saturated rings. The Bertz CT molecular complexity index is 241. The zero-order valence-corrected chi connectivity index (χ0v) is 14.8. The van der Waals surface area contributed by atoms with E-state index in [1.54, 1.807) is 0 Å². The smallest absolute Gasteiger partial charge is 0.0229 e. The number of hydrogen-bond donors (Lipinski definition) is 0. The van der Waals surface area contributed by atoms with Crippen molar-refractivity contribution in [1.29, 1.82) is 0 Å². The number of hydrogen-bond acceptors (Lipinski definition) is 2. The van der Waals surface area contributed by atoms with E-state index >= 15 is 0 Å². The first-order valence-corrected chi connectivity index (χ1v) is 9.59. The van der Waals surface area contributed by atoms with Crippen LogP contribution in [0.3, 0.4) is 0 Å². The number of thioether (sulfide) groups is 2. The largest absolute Gasteiger partial charge is 0.156 e. The van der Waals surface area contributed by atoms with E-state index in [0.29, 0.717) is 10.2 Å². The Kier molecular flexibility index (Phi) is 6.44. The van der Waals surface area contributed by atoms with Gasteiger partial charge in [0.25, 0.3) is 0 Å². The zero-order valence-electron chi connectivity index (χ0n) is 13.2. The first kappa shape index (κ1) is 16.8. The average Bonchev–Trinajstić information content (AvgIpc) is 3.05. The molecular weight excluding hydrogens is 256 g/mol. The highest BCUT2D eigenvalue weighted by molar-refractivity contribution is 8.09. The van der Waals surface area contributed by atoms with Gasteiger partial charge in [0.2, 0.25) is 0 Å². The molecule has 0 radical (unpaired) electrons. The van der Waals surface area contributed by atoms with Crippen LogP contribution in [0.5, 0.6) is 0 Å². The molecule has 0 aromatic carbocycles. The predicted molar refractivity (Wildman–Crippen MR) is 89.9 cm³/mol. The highest BCUT2D eigenvalue weighted by Gasteiger charge is 2.35. The van der Waals surface area contributed by atoms with Crippen LogP contribution >= 0.6 is 23.5 Å². The fraction of sp³-hybridized carbons (Fsp3) is 1.00. The molecule has 2 heteroatoms. The second kappa shape index (κ2) is 6.92. The molecule has 0 saturated carbocycles. The van der Waals surface area contributed by atoms with Crippen LogP contribution in [0.1, 0.15) is 67.2 Å². The van der Waals surface area contributed by atoms with E-state index in [-0.39, 0.29) is 0 Å². The normalized spacial score (nSPS) is 22.0. The topological polar surface area (TPSA) is 0 Å². The fourth-order valence-corrected chi connectivity index (χ4v) is 5.49. The van der Waals surface area contributed by atoms with E-state index in [2.05, 4.69) is 65.1 Å². The van der Waals surface area contributed by atoms with Gasteiger partial charge in [-0.1, -0.05) is 60.8 Å². The van der Waals surface area contributed by atoms with Gasteiger partial charge in [-0.15, -0.1) is 0 Å². The van der Waals surface area contributed by atoms with Crippen LogP contribution in [0.2, 0.25) is 0 Å². The summed E-state index contributed by atoms with van der Waals surface area (Å²) in [5.74, 6) is 3.65. The maximum atomic E-state index is 2.49. The molecule has 18 heavy (non-hydrogen) atoms. The first-order valence-electron chi connectivity index (χ1n) is 7.56. The summed E-state index contributed by atoms with van der Waals surface area (Å²) in [4.78, 5) is 0. The quantitative estimate of drug-likeness (QED) is 0.488. The molecule has 1 rings (SSSR count). The van der Waals surface area contributed by atoms with Gasteiger partial charge in [-0.3, -0.25) is 0 Å². The Balaban J connectivity index is 2.48. The van der Waals surface area contributed by atoms with Crippen molar-refractivity contribution in [2.45, 2.75) is 77.2 Å². The van der Waals surface area contributed by atoms with Crippen molar-refractivity contribution in [3.63, 3.8) is 0 Å². The molecule has 1 saturated heterocycles. The van der Waals surface area contributed by atoms with Crippen LogP contribution in [0.25, 0.3) is 0 Å². The molecule has 0 aromatic rings. The van der Waals surface area contributed by atoms with Crippen LogP contribution in [-0.4, -0.2) is 21.5 Å². The Labute approximate surface area is 123 Å². The van der Waals surface area contributed by atoms with Crippen molar-refractivity contribution in [2.24, 2.45) is 11.3 Å². The molecule has 1 aliphatic heterocycles. The van der Waals surface area contributed by atoms with Gasteiger partial charge in [0.1, 0.15) is 0 Å². The fourth-order valence-electron chi connectivity index (χ4n) is 3.27.